The molecule has 0 radical (unpaired) electrons. The quantitative estimate of drug-likeness (QED) is 0.684. The minimum absolute atomic E-state index is 0.0367. The van der Waals surface area contributed by atoms with Crippen LogP contribution in [0.25, 0.3) is 0 Å². The third-order valence-corrected chi connectivity index (χ3v) is 5.22. The number of rotatable bonds is 1. The van der Waals surface area contributed by atoms with Crippen LogP contribution in [0, 0.1) is 11.3 Å². The molecule has 2 amide bonds. The van der Waals surface area contributed by atoms with Crippen LogP contribution in [0.3, 0.4) is 0 Å². The van der Waals surface area contributed by atoms with Crippen LogP contribution in [0.15, 0.2) is 9.59 Å². The van der Waals surface area contributed by atoms with Gasteiger partial charge in [0.25, 0.3) is 5.56 Å². The summed E-state index contributed by atoms with van der Waals surface area (Å²) < 4.78 is 2.28. The molecule has 2 aliphatic rings. The number of amides is 2. The molecule has 3 heterocycles. The Kier molecular flexibility index (Phi) is 5.02. The van der Waals surface area contributed by atoms with E-state index in [0.29, 0.717) is 32.0 Å². The molecule has 0 aliphatic carbocycles. The molecule has 26 heavy (non-hydrogen) atoms. The highest BCUT2D eigenvalue weighted by atomic mass is 16.2. The smallest absolute Gasteiger partial charge is 0.332 e. The topological polar surface area (TPSA) is 94.6 Å². The molecule has 1 aromatic heterocycles. The molecule has 0 atom stereocenters. The van der Waals surface area contributed by atoms with Crippen LogP contribution in [-0.4, -0.2) is 64.2 Å². The molecule has 0 saturated carbocycles. The van der Waals surface area contributed by atoms with Crippen molar-refractivity contribution in [1.29, 1.82) is 5.26 Å². The highest BCUT2D eigenvalue weighted by Gasteiger charge is 2.29. The van der Waals surface area contributed by atoms with E-state index in [1.165, 1.54) is 18.0 Å². The van der Waals surface area contributed by atoms with Crippen molar-refractivity contribution in [1.82, 2.24) is 18.9 Å². The number of nitrogens with zero attached hydrogens (tertiary/aromatic N) is 6. The first-order chi connectivity index (χ1) is 12.5. The van der Waals surface area contributed by atoms with Gasteiger partial charge in [-0.25, -0.2) is 9.59 Å². The lowest BCUT2D eigenvalue weighted by Crippen LogP contribution is -2.55. The van der Waals surface area contributed by atoms with E-state index in [4.69, 9.17) is 0 Å². The van der Waals surface area contributed by atoms with E-state index in [9.17, 15) is 19.6 Å². The molecule has 9 heteroatoms. The number of aromatic nitrogens is 2. The van der Waals surface area contributed by atoms with Crippen molar-refractivity contribution in [3.63, 3.8) is 0 Å². The number of carbonyl (C=O) groups excluding carboxylic acids is 1. The summed E-state index contributed by atoms with van der Waals surface area (Å²) in [7, 11) is 2.92. The number of piperazine rings is 1. The average molecular weight is 360 g/mol. The second-order valence-electron chi connectivity index (χ2n) is 6.82. The molecule has 9 nitrogen and oxygen atoms in total. The first-order valence-corrected chi connectivity index (χ1v) is 8.94. The van der Waals surface area contributed by atoms with Crippen LogP contribution in [0.4, 0.5) is 10.6 Å². The zero-order valence-corrected chi connectivity index (χ0v) is 15.3. The second kappa shape index (κ2) is 7.23. The summed E-state index contributed by atoms with van der Waals surface area (Å²) >= 11 is 0. The highest BCUT2D eigenvalue weighted by Crippen LogP contribution is 2.18. The SMILES string of the molecule is Cn1c(N2CCN(C(=O)N3CCCCC3)CC2)c(C#N)c(=O)n(C)c1=O. The standard InChI is InChI=1S/C17H24N6O3/c1-19-14(13(12-18)15(24)20(2)16(19)25)21-8-10-23(11-9-21)17(26)22-6-4-3-5-7-22/h3-11H2,1-2H3. The van der Waals surface area contributed by atoms with Gasteiger partial charge in [-0.15, -0.1) is 0 Å². The Morgan fingerprint density at radius 3 is 2.04 bits per heavy atom. The predicted molar refractivity (Wildman–Crippen MR) is 96.2 cm³/mol. The molecule has 0 spiro atoms. The second-order valence-corrected chi connectivity index (χ2v) is 6.82. The van der Waals surface area contributed by atoms with Gasteiger partial charge in [0.2, 0.25) is 0 Å². The van der Waals surface area contributed by atoms with Crippen LogP contribution >= 0.6 is 0 Å². The fourth-order valence-electron chi connectivity index (χ4n) is 3.70. The lowest BCUT2D eigenvalue weighted by atomic mass is 10.1. The van der Waals surface area contributed by atoms with Gasteiger partial charge in [-0.3, -0.25) is 13.9 Å². The minimum Gasteiger partial charge on any atom is -0.353 e. The third kappa shape index (κ3) is 3.07. The minimum atomic E-state index is -0.586. The number of nitriles is 1. The van der Waals surface area contributed by atoms with Crippen molar-refractivity contribution < 1.29 is 4.79 Å². The van der Waals surface area contributed by atoms with E-state index in [1.807, 2.05) is 20.8 Å². The number of hydrogen-bond donors (Lipinski definition) is 0. The summed E-state index contributed by atoms with van der Waals surface area (Å²) in [5, 5.41) is 9.40. The largest absolute Gasteiger partial charge is 0.353 e. The Labute approximate surface area is 151 Å². The fraction of sp³-hybridized carbons (Fsp3) is 0.647. The van der Waals surface area contributed by atoms with Gasteiger partial charge in [0.15, 0.2) is 5.56 Å². The van der Waals surface area contributed by atoms with Crippen LogP contribution < -0.4 is 16.1 Å². The normalized spacial score (nSPS) is 18.0. The summed E-state index contributed by atoms with van der Waals surface area (Å²) in [5.41, 5.74) is -1.08. The van der Waals surface area contributed by atoms with Gasteiger partial charge < -0.3 is 14.7 Å². The number of piperidine rings is 1. The average Bonchev–Trinajstić information content (AvgIpc) is 2.69. The van der Waals surface area contributed by atoms with Gasteiger partial charge in [0.1, 0.15) is 11.9 Å². The van der Waals surface area contributed by atoms with Crippen LogP contribution in [0.1, 0.15) is 24.8 Å². The van der Waals surface area contributed by atoms with Gasteiger partial charge >= 0.3 is 11.7 Å². The Hall–Kier alpha value is -2.76. The zero-order chi connectivity index (χ0) is 18.8. The molecule has 0 bridgehead atoms. The van der Waals surface area contributed by atoms with E-state index in [0.717, 1.165) is 30.5 Å². The Bertz CT molecular complexity index is 851. The maximum atomic E-state index is 12.6. The Balaban J connectivity index is 1.79. The van der Waals surface area contributed by atoms with Gasteiger partial charge in [0.05, 0.1) is 0 Å². The van der Waals surface area contributed by atoms with Crippen molar-refractivity contribution in [3.05, 3.63) is 26.4 Å². The van der Waals surface area contributed by atoms with Gasteiger partial charge in [0, 0.05) is 53.4 Å². The first-order valence-electron chi connectivity index (χ1n) is 8.94. The Morgan fingerprint density at radius 2 is 1.46 bits per heavy atom. The van der Waals surface area contributed by atoms with Crippen molar-refractivity contribution in [3.8, 4) is 6.07 Å². The van der Waals surface area contributed by atoms with Crippen molar-refractivity contribution in [2.24, 2.45) is 14.1 Å². The molecule has 140 valence electrons. The highest BCUT2D eigenvalue weighted by molar-refractivity contribution is 5.75. The van der Waals surface area contributed by atoms with E-state index in [2.05, 4.69) is 0 Å². The van der Waals surface area contributed by atoms with Gasteiger partial charge in [-0.05, 0) is 19.3 Å². The van der Waals surface area contributed by atoms with Gasteiger partial charge in [-0.1, -0.05) is 0 Å². The lowest BCUT2D eigenvalue weighted by molar-refractivity contribution is 0.141. The predicted octanol–water partition coefficient (Wildman–Crippen LogP) is -0.316. The molecule has 1 aromatic rings. The van der Waals surface area contributed by atoms with Crippen LogP contribution in [0.5, 0.6) is 0 Å². The molecule has 2 saturated heterocycles. The molecular weight excluding hydrogens is 336 g/mol. The van der Waals surface area contributed by atoms with E-state index >= 15 is 0 Å². The fourth-order valence-corrected chi connectivity index (χ4v) is 3.70. The summed E-state index contributed by atoms with van der Waals surface area (Å²) in [4.78, 5) is 42.6. The summed E-state index contributed by atoms with van der Waals surface area (Å²) in [5.74, 6) is 0.339. The lowest BCUT2D eigenvalue weighted by Gasteiger charge is -2.39. The third-order valence-electron chi connectivity index (χ3n) is 5.22. The van der Waals surface area contributed by atoms with Crippen molar-refractivity contribution >= 4 is 11.8 Å². The Morgan fingerprint density at radius 1 is 0.885 bits per heavy atom. The zero-order valence-electron chi connectivity index (χ0n) is 15.3. The molecular formula is C17H24N6O3. The van der Waals surface area contributed by atoms with Crippen molar-refractivity contribution in [2.45, 2.75) is 19.3 Å². The van der Waals surface area contributed by atoms with Crippen LogP contribution in [0.2, 0.25) is 0 Å². The molecule has 0 unspecified atom stereocenters. The number of carbonyl (C=O) groups is 1. The monoisotopic (exact) mass is 360 g/mol. The number of urea groups is 1. The number of anilines is 1. The maximum Gasteiger partial charge on any atom is 0.332 e. The van der Waals surface area contributed by atoms with E-state index in [-0.39, 0.29) is 11.6 Å². The molecule has 2 fully saturated rings. The molecule has 2 aliphatic heterocycles. The van der Waals surface area contributed by atoms with E-state index < -0.39 is 11.2 Å². The summed E-state index contributed by atoms with van der Waals surface area (Å²) in [6.45, 7) is 3.58. The first kappa shape index (κ1) is 18.0. The summed E-state index contributed by atoms with van der Waals surface area (Å²) in [6, 6.07) is 1.99. The maximum absolute atomic E-state index is 12.6. The van der Waals surface area contributed by atoms with Gasteiger partial charge in [-0.2, -0.15) is 5.26 Å². The summed E-state index contributed by atoms with van der Waals surface area (Å²) in [6.07, 6.45) is 3.27. The molecule has 3 rings (SSSR count). The van der Waals surface area contributed by atoms with Crippen molar-refractivity contribution in [2.75, 3.05) is 44.2 Å². The van der Waals surface area contributed by atoms with Crippen LogP contribution in [-0.2, 0) is 14.1 Å². The molecule has 0 aromatic carbocycles. The number of hydrogen-bond acceptors (Lipinski definition) is 5. The number of likely N-dealkylation sites (tertiary alicyclic amines) is 1. The van der Waals surface area contributed by atoms with E-state index in [1.54, 1.807) is 7.05 Å². The molecule has 0 N–H and O–H groups in total.